The minimum absolute atomic E-state index is 0.356. The number of nitrogens with two attached hydrogens (primary N) is 1. The molecule has 1 heterocycles. The molecule has 1 rings (SSSR count). The van der Waals surface area contributed by atoms with Gasteiger partial charge in [-0.1, -0.05) is 23.2 Å². The van der Waals surface area contributed by atoms with Gasteiger partial charge in [0.2, 0.25) is 0 Å². The van der Waals surface area contributed by atoms with E-state index in [-0.39, 0.29) is 0 Å². The molecule has 0 aliphatic heterocycles. The maximum atomic E-state index is 11.0. The monoisotopic (exact) mass is 294 g/mol. The van der Waals surface area contributed by atoms with E-state index in [4.69, 9.17) is 28.9 Å². The van der Waals surface area contributed by atoms with Crippen molar-refractivity contribution in [1.82, 2.24) is 4.98 Å². The van der Waals surface area contributed by atoms with E-state index in [1.165, 1.54) is 18.9 Å². The number of nitrogens with zero attached hydrogens (tertiary/aromatic N) is 1. The summed E-state index contributed by atoms with van der Waals surface area (Å²) in [5.74, 6) is 0.664. The van der Waals surface area contributed by atoms with Crippen molar-refractivity contribution in [2.24, 2.45) is 5.73 Å². The molecular formula is C10H12Cl2N2O2S. The number of methoxy groups -OCH3 is 1. The van der Waals surface area contributed by atoms with Gasteiger partial charge in [-0.25, -0.2) is 4.98 Å². The first-order valence-electron chi connectivity index (χ1n) is 4.75. The molecule has 2 N–H and O–H groups in total. The van der Waals surface area contributed by atoms with Crippen LogP contribution in [-0.4, -0.2) is 29.9 Å². The van der Waals surface area contributed by atoms with Crippen molar-refractivity contribution < 1.29 is 9.53 Å². The third-order valence-corrected chi connectivity index (χ3v) is 3.62. The molecule has 94 valence electrons. The summed E-state index contributed by atoms with van der Waals surface area (Å²) in [6, 6.07) is 0.961. The maximum Gasteiger partial charge on any atom is 0.323 e. The summed E-state index contributed by atoms with van der Waals surface area (Å²) in [5.41, 5.74) is 6.45. The Morgan fingerprint density at radius 3 is 2.94 bits per heavy atom. The predicted octanol–water partition coefficient (Wildman–Crippen LogP) is 2.12. The topological polar surface area (TPSA) is 65.2 Å². The molecule has 0 fully saturated rings. The van der Waals surface area contributed by atoms with Crippen molar-refractivity contribution in [3.05, 3.63) is 28.0 Å². The van der Waals surface area contributed by atoms with E-state index < -0.39 is 12.0 Å². The zero-order valence-electron chi connectivity index (χ0n) is 9.15. The fraction of sp³-hybridized carbons (Fsp3) is 0.400. The number of carbonyl (C=O) groups is 1. The molecule has 1 unspecified atom stereocenters. The number of ether oxygens (including phenoxy) is 1. The van der Waals surface area contributed by atoms with E-state index >= 15 is 0 Å². The lowest BCUT2D eigenvalue weighted by molar-refractivity contribution is -0.141. The van der Waals surface area contributed by atoms with Crippen LogP contribution in [0.3, 0.4) is 0 Å². The first-order chi connectivity index (χ1) is 8.04. The van der Waals surface area contributed by atoms with Crippen LogP contribution < -0.4 is 5.73 Å². The Bertz CT molecular complexity index is 404. The first kappa shape index (κ1) is 14.6. The molecule has 4 nitrogen and oxygen atoms in total. The summed E-state index contributed by atoms with van der Waals surface area (Å²) < 4.78 is 4.52. The number of esters is 1. The third kappa shape index (κ3) is 4.71. The number of hydrogen-bond acceptors (Lipinski definition) is 5. The van der Waals surface area contributed by atoms with Gasteiger partial charge in [-0.15, -0.1) is 0 Å². The minimum Gasteiger partial charge on any atom is -0.468 e. The van der Waals surface area contributed by atoms with Crippen LogP contribution in [0, 0.1) is 0 Å². The number of rotatable bonds is 5. The standard InChI is InChI=1S/C10H12Cl2N2O2S/c1-16-10(15)8(13)5-17-4-6-3-14-9(12)2-7(6)11/h2-3,8H,4-5,13H2,1H3. The molecule has 0 aromatic carbocycles. The van der Waals surface area contributed by atoms with Crippen molar-refractivity contribution in [2.75, 3.05) is 12.9 Å². The Kier molecular flexibility index (Phi) is 6.05. The number of carbonyl (C=O) groups excluding carboxylic acids is 1. The van der Waals surface area contributed by atoms with Crippen molar-refractivity contribution in [3.63, 3.8) is 0 Å². The van der Waals surface area contributed by atoms with Crippen LogP contribution >= 0.6 is 35.0 Å². The van der Waals surface area contributed by atoms with Gasteiger partial charge in [0, 0.05) is 22.7 Å². The van der Waals surface area contributed by atoms with E-state index in [1.807, 2.05) is 0 Å². The molecular weight excluding hydrogens is 283 g/mol. The highest BCUT2D eigenvalue weighted by atomic mass is 35.5. The van der Waals surface area contributed by atoms with Crippen LogP contribution in [0.15, 0.2) is 12.3 Å². The van der Waals surface area contributed by atoms with Crippen LogP contribution in [-0.2, 0) is 15.3 Å². The zero-order chi connectivity index (χ0) is 12.8. The molecule has 1 aromatic heterocycles. The Balaban J connectivity index is 2.43. The highest BCUT2D eigenvalue weighted by Crippen LogP contribution is 2.23. The van der Waals surface area contributed by atoms with E-state index in [0.29, 0.717) is 21.7 Å². The van der Waals surface area contributed by atoms with Gasteiger partial charge in [0.25, 0.3) is 0 Å². The largest absolute Gasteiger partial charge is 0.468 e. The fourth-order valence-electron chi connectivity index (χ4n) is 1.06. The Morgan fingerprint density at radius 1 is 1.65 bits per heavy atom. The van der Waals surface area contributed by atoms with Crippen LogP contribution in [0.1, 0.15) is 5.56 Å². The van der Waals surface area contributed by atoms with Crippen molar-refractivity contribution in [3.8, 4) is 0 Å². The van der Waals surface area contributed by atoms with Gasteiger partial charge in [0.05, 0.1) is 7.11 Å². The number of halogens is 2. The number of thioether (sulfide) groups is 1. The van der Waals surface area contributed by atoms with Gasteiger partial charge in [-0.05, 0) is 11.6 Å². The van der Waals surface area contributed by atoms with Gasteiger partial charge >= 0.3 is 5.97 Å². The lowest BCUT2D eigenvalue weighted by Gasteiger charge is -2.09. The van der Waals surface area contributed by atoms with E-state index in [9.17, 15) is 4.79 Å². The van der Waals surface area contributed by atoms with Crippen LogP contribution in [0.5, 0.6) is 0 Å². The van der Waals surface area contributed by atoms with Crippen LogP contribution in [0.4, 0.5) is 0 Å². The fourth-order valence-corrected chi connectivity index (χ4v) is 2.53. The normalized spacial score (nSPS) is 12.2. The van der Waals surface area contributed by atoms with E-state index in [1.54, 1.807) is 12.3 Å². The number of aromatic nitrogens is 1. The molecule has 0 saturated heterocycles. The highest BCUT2D eigenvalue weighted by Gasteiger charge is 2.13. The Hall–Kier alpha value is -0.490. The zero-order valence-corrected chi connectivity index (χ0v) is 11.5. The quantitative estimate of drug-likeness (QED) is 0.666. The molecule has 1 atom stereocenters. The molecule has 0 amide bonds. The van der Waals surface area contributed by atoms with Crippen molar-refractivity contribution in [2.45, 2.75) is 11.8 Å². The SMILES string of the molecule is COC(=O)C(N)CSCc1cnc(Cl)cc1Cl. The van der Waals surface area contributed by atoms with E-state index in [2.05, 4.69) is 9.72 Å². The summed E-state index contributed by atoms with van der Waals surface area (Å²) in [6.07, 6.45) is 1.61. The van der Waals surface area contributed by atoms with Gasteiger partial charge in [0.1, 0.15) is 11.2 Å². The second kappa shape index (κ2) is 7.06. The second-order valence-electron chi connectivity index (χ2n) is 3.24. The van der Waals surface area contributed by atoms with Crippen LogP contribution in [0.2, 0.25) is 10.2 Å². The Morgan fingerprint density at radius 2 is 2.35 bits per heavy atom. The molecule has 1 aromatic rings. The molecule has 0 saturated carbocycles. The molecule has 0 bridgehead atoms. The smallest absolute Gasteiger partial charge is 0.323 e. The first-order valence-corrected chi connectivity index (χ1v) is 6.66. The molecule has 0 aliphatic carbocycles. The molecule has 17 heavy (non-hydrogen) atoms. The number of pyridine rings is 1. The summed E-state index contributed by atoms with van der Waals surface area (Å²) in [4.78, 5) is 15.0. The Labute approximate surface area is 114 Å². The lowest BCUT2D eigenvalue weighted by Crippen LogP contribution is -2.33. The van der Waals surface area contributed by atoms with Gasteiger partial charge in [0.15, 0.2) is 0 Å². The van der Waals surface area contributed by atoms with Gasteiger partial charge in [-0.3, -0.25) is 4.79 Å². The predicted molar refractivity (Wildman–Crippen MR) is 70.4 cm³/mol. The number of hydrogen-bond donors (Lipinski definition) is 1. The average molecular weight is 295 g/mol. The summed E-state index contributed by atoms with van der Waals surface area (Å²) in [5, 5.41) is 0.916. The average Bonchev–Trinajstić information content (AvgIpc) is 2.30. The van der Waals surface area contributed by atoms with Crippen molar-refractivity contribution in [1.29, 1.82) is 0 Å². The second-order valence-corrected chi connectivity index (χ2v) is 5.07. The van der Waals surface area contributed by atoms with E-state index in [0.717, 1.165) is 5.56 Å². The molecule has 0 aliphatic rings. The summed E-state index contributed by atoms with van der Waals surface area (Å²) >= 11 is 13.1. The highest BCUT2D eigenvalue weighted by molar-refractivity contribution is 7.98. The summed E-state index contributed by atoms with van der Waals surface area (Å²) in [7, 11) is 1.31. The van der Waals surface area contributed by atoms with Crippen molar-refractivity contribution >= 4 is 40.9 Å². The van der Waals surface area contributed by atoms with Gasteiger partial charge < -0.3 is 10.5 Å². The lowest BCUT2D eigenvalue weighted by atomic mass is 10.3. The minimum atomic E-state index is -0.621. The summed E-state index contributed by atoms with van der Waals surface area (Å²) in [6.45, 7) is 0. The maximum absolute atomic E-state index is 11.0. The van der Waals surface area contributed by atoms with Crippen LogP contribution in [0.25, 0.3) is 0 Å². The van der Waals surface area contributed by atoms with Gasteiger partial charge in [-0.2, -0.15) is 11.8 Å². The molecule has 0 spiro atoms. The molecule has 7 heteroatoms. The molecule has 0 radical (unpaired) electrons. The third-order valence-electron chi connectivity index (χ3n) is 1.96.